The number of nitrogens with one attached hydrogen (secondary N) is 1. The lowest BCUT2D eigenvalue weighted by molar-refractivity contribution is 0.0165. The van der Waals surface area contributed by atoms with Gasteiger partial charge in [-0.1, -0.05) is 58.4 Å². The maximum atomic E-state index is 12.7. The van der Waals surface area contributed by atoms with E-state index < -0.39 is 0 Å². The molecule has 28 heavy (non-hydrogen) atoms. The summed E-state index contributed by atoms with van der Waals surface area (Å²) in [6.45, 7) is 3.73. The summed E-state index contributed by atoms with van der Waals surface area (Å²) < 4.78 is 6.51. The Hall–Kier alpha value is -2.21. The molecule has 3 aromatic carbocycles. The van der Waals surface area contributed by atoms with E-state index >= 15 is 0 Å². The van der Waals surface area contributed by atoms with E-state index in [4.69, 9.17) is 4.74 Å². The first kappa shape index (κ1) is 19.1. The fraction of sp³-hybridized carbons (Fsp3) is 0.261. The van der Waals surface area contributed by atoms with Crippen LogP contribution in [0, 0.1) is 0 Å². The van der Waals surface area contributed by atoms with Crippen LogP contribution in [-0.2, 0) is 4.74 Å². The molecule has 1 amide bonds. The molecule has 0 saturated carbocycles. The summed E-state index contributed by atoms with van der Waals surface area (Å²) in [7, 11) is 0. The zero-order valence-electron chi connectivity index (χ0n) is 15.6. The van der Waals surface area contributed by atoms with Gasteiger partial charge in [-0.05, 0) is 40.6 Å². The average molecular weight is 439 g/mol. The van der Waals surface area contributed by atoms with Crippen molar-refractivity contribution >= 4 is 32.6 Å². The summed E-state index contributed by atoms with van der Waals surface area (Å²) in [6, 6.07) is 22.4. The van der Waals surface area contributed by atoms with E-state index in [0.717, 1.165) is 30.8 Å². The Morgan fingerprint density at radius 1 is 1.00 bits per heavy atom. The number of benzene rings is 3. The Bertz CT molecular complexity index is 947. The second-order valence-electron chi connectivity index (χ2n) is 6.95. The minimum atomic E-state index is -0.0500. The van der Waals surface area contributed by atoms with Gasteiger partial charge in [0.05, 0.1) is 19.3 Å². The standard InChI is InChI=1S/C23H23BrN2O2/c24-19-10-8-18(9-11-19)23(27)25-16-22(26-12-14-28-15-13-26)21-7-3-5-17-4-1-2-6-20(17)21/h1-11,22H,12-16H2,(H,25,27)/t22-/m0/s1. The van der Waals surface area contributed by atoms with Crippen LogP contribution in [-0.4, -0.2) is 43.7 Å². The molecule has 4 nitrogen and oxygen atoms in total. The third kappa shape index (κ3) is 4.27. The number of rotatable bonds is 5. The van der Waals surface area contributed by atoms with Crippen LogP contribution >= 0.6 is 15.9 Å². The molecule has 5 heteroatoms. The largest absolute Gasteiger partial charge is 0.379 e. The van der Waals surface area contributed by atoms with Gasteiger partial charge in [-0.25, -0.2) is 0 Å². The van der Waals surface area contributed by atoms with Crippen molar-refractivity contribution in [2.24, 2.45) is 0 Å². The second kappa shape index (κ2) is 8.86. The van der Waals surface area contributed by atoms with Crippen LogP contribution < -0.4 is 5.32 Å². The van der Waals surface area contributed by atoms with Crippen LogP contribution in [0.25, 0.3) is 10.8 Å². The van der Waals surface area contributed by atoms with Gasteiger partial charge in [0.15, 0.2) is 0 Å². The predicted octanol–water partition coefficient (Wildman–Crippen LogP) is 4.41. The van der Waals surface area contributed by atoms with Crippen LogP contribution in [0.4, 0.5) is 0 Å². The Balaban J connectivity index is 1.60. The van der Waals surface area contributed by atoms with Crippen LogP contribution in [0.3, 0.4) is 0 Å². The Kier molecular flexibility index (Phi) is 6.05. The van der Waals surface area contributed by atoms with E-state index in [0.29, 0.717) is 12.1 Å². The Morgan fingerprint density at radius 2 is 1.71 bits per heavy atom. The van der Waals surface area contributed by atoms with Crippen molar-refractivity contribution in [2.45, 2.75) is 6.04 Å². The van der Waals surface area contributed by atoms with Crippen LogP contribution in [0.1, 0.15) is 22.0 Å². The number of hydrogen-bond acceptors (Lipinski definition) is 3. The van der Waals surface area contributed by atoms with E-state index in [1.807, 2.05) is 24.3 Å². The molecule has 0 unspecified atom stereocenters. The summed E-state index contributed by atoms with van der Waals surface area (Å²) >= 11 is 3.41. The lowest BCUT2D eigenvalue weighted by atomic mass is 9.97. The summed E-state index contributed by atoms with van der Waals surface area (Å²) in [5.41, 5.74) is 1.91. The third-order valence-electron chi connectivity index (χ3n) is 5.23. The maximum Gasteiger partial charge on any atom is 0.251 e. The summed E-state index contributed by atoms with van der Waals surface area (Å²) in [5.74, 6) is -0.0500. The molecule has 1 aliphatic rings. The molecule has 0 aliphatic carbocycles. The number of carbonyl (C=O) groups is 1. The van der Waals surface area contributed by atoms with Gasteiger partial charge in [-0.3, -0.25) is 9.69 Å². The number of halogens is 1. The first-order valence-electron chi connectivity index (χ1n) is 9.55. The monoisotopic (exact) mass is 438 g/mol. The number of fused-ring (bicyclic) bond motifs is 1. The Morgan fingerprint density at radius 3 is 2.50 bits per heavy atom. The molecular weight excluding hydrogens is 416 g/mol. The van der Waals surface area contributed by atoms with Gasteiger partial charge in [-0.2, -0.15) is 0 Å². The lowest BCUT2D eigenvalue weighted by Crippen LogP contribution is -2.43. The molecule has 144 valence electrons. The zero-order chi connectivity index (χ0) is 19.3. The molecule has 0 aromatic heterocycles. The molecule has 3 aromatic rings. The van der Waals surface area contributed by atoms with Crippen molar-refractivity contribution in [1.82, 2.24) is 10.2 Å². The molecule has 1 aliphatic heterocycles. The van der Waals surface area contributed by atoms with Gasteiger partial charge < -0.3 is 10.1 Å². The third-order valence-corrected chi connectivity index (χ3v) is 5.76. The van der Waals surface area contributed by atoms with E-state index in [2.05, 4.69) is 68.6 Å². The van der Waals surface area contributed by atoms with E-state index in [1.54, 1.807) is 0 Å². The molecule has 0 bridgehead atoms. The van der Waals surface area contributed by atoms with Gasteiger partial charge in [0.25, 0.3) is 5.91 Å². The molecule has 1 N–H and O–H groups in total. The van der Waals surface area contributed by atoms with Crippen molar-refractivity contribution in [3.63, 3.8) is 0 Å². The average Bonchev–Trinajstić information content (AvgIpc) is 2.75. The molecular formula is C23H23BrN2O2. The quantitative estimate of drug-likeness (QED) is 0.641. The van der Waals surface area contributed by atoms with Crippen molar-refractivity contribution in [3.8, 4) is 0 Å². The normalized spacial score (nSPS) is 16.0. The number of carbonyl (C=O) groups excluding carboxylic acids is 1. The lowest BCUT2D eigenvalue weighted by Gasteiger charge is -2.35. The van der Waals surface area contributed by atoms with Crippen molar-refractivity contribution < 1.29 is 9.53 Å². The molecule has 1 heterocycles. The number of nitrogens with zero attached hydrogens (tertiary/aromatic N) is 1. The summed E-state index contributed by atoms with van der Waals surface area (Å²) in [5, 5.41) is 5.60. The molecule has 0 spiro atoms. The van der Waals surface area contributed by atoms with E-state index in [9.17, 15) is 4.79 Å². The summed E-state index contributed by atoms with van der Waals surface area (Å²) in [4.78, 5) is 15.1. The molecule has 0 radical (unpaired) electrons. The van der Waals surface area contributed by atoms with Crippen LogP contribution in [0.5, 0.6) is 0 Å². The topological polar surface area (TPSA) is 41.6 Å². The summed E-state index contributed by atoms with van der Waals surface area (Å²) in [6.07, 6.45) is 0. The number of hydrogen-bond donors (Lipinski definition) is 1. The van der Waals surface area contributed by atoms with Crippen molar-refractivity contribution in [1.29, 1.82) is 0 Å². The maximum absolute atomic E-state index is 12.7. The minimum Gasteiger partial charge on any atom is -0.379 e. The van der Waals surface area contributed by atoms with Gasteiger partial charge >= 0.3 is 0 Å². The van der Waals surface area contributed by atoms with Crippen LogP contribution in [0.2, 0.25) is 0 Å². The zero-order valence-corrected chi connectivity index (χ0v) is 17.2. The highest BCUT2D eigenvalue weighted by Crippen LogP contribution is 2.28. The molecule has 1 fully saturated rings. The van der Waals surface area contributed by atoms with Crippen LogP contribution in [0.15, 0.2) is 71.2 Å². The molecule has 1 saturated heterocycles. The highest BCUT2D eigenvalue weighted by Gasteiger charge is 2.24. The molecule has 4 rings (SSSR count). The Labute approximate surface area is 173 Å². The molecule has 1 atom stereocenters. The first-order valence-corrected chi connectivity index (χ1v) is 10.3. The number of amides is 1. The van der Waals surface area contributed by atoms with E-state index in [-0.39, 0.29) is 11.9 Å². The number of ether oxygens (including phenoxy) is 1. The van der Waals surface area contributed by atoms with E-state index in [1.165, 1.54) is 16.3 Å². The minimum absolute atomic E-state index is 0.0500. The van der Waals surface area contributed by atoms with Crippen molar-refractivity contribution in [3.05, 3.63) is 82.3 Å². The van der Waals surface area contributed by atoms with Gasteiger partial charge in [0.1, 0.15) is 0 Å². The fourth-order valence-corrected chi connectivity index (χ4v) is 4.02. The second-order valence-corrected chi connectivity index (χ2v) is 7.87. The number of morpholine rings is 1. The smallest absolute Gasteiger partial charge is 0.251 e. The van der Waals surface area contributed by atoms with Crippen molar-refractivity contribution in [2.75, 3.05) is 32.8 Å². The first-order chi connectivity index (χ1) is 13.7. The highest BCUT2D eigenvalue weighted by molar-refractivity contribution is 9.10. The van der Waals surface area contributed by atoms with Gasteiger partial charge in [0.2, 0.25) is 0 Å². The SMILES string of the molecule is O=C(NC[C@@H](c1cccc2ccccc12)N1CCOCC1)c1ccc(Br)cc1. The van der Waals surface area contributed by atoms with Gasteiger partial charge in [-0.15, -0.1) is 0 Å². The van der Waals surface area contributed by atoms with Gasteiger partial charge in [0, 0.05) is 29.7 Å². The highest BCUT2D eigenvalue weighted by atomic mass is 79.9. The fourth-order valence-electron chi connectivity index (χ4n) is 3.76. The predicted molar refractivity (Wildman–Crippen MR) is 116 cm³/mol.